The number of aromatic nitrogens is 4. The van der Waals surface area contributed by atoms with Crippen molar-refractivity contribution in [3.05, 3.63) is 51.9 Å². The van der Waals surface area contributed by atoms with Crippen LogP contribution in [0.25, 0.3) is 11.4 Å². The van der Waals surface area contributed by atoms with Crippen LogP contribution in [0.1, 0.15) is 40.2 Å². The van der Waals surface area contributed by atoms with Gasteiger partial charge < -0.3 is 4.90 Å². The largest absolute Gasteiger partial charge is 0.352 e. The molecule has 0 spiro atoms. The number of anilines is 1. The Morgan fingerprint density at radius 1 is 1.20 bits per heavy atom. The number of hydrogen-bond acceptors (Lipinski definition) is 6. The lowest BCUT2D eigenvalue weighted by molar-refractivity contribution is 0.545. The van der Waals surface area contributed by atoms with Crippen molar-refractivity contribution in [1.29, 1.82) is 0 Å². The number of rotatable bonds is 3. The molecule has 0 saturated heterocycles. The number of thiazole rings is 1. The maximum absolute atomic E-state index is 4.82. The van der Waals surface area contributed by atoms with Crippen LogP contribution in [-0.4, -0.2) is 27.0 Å². The van der Waals surface area contributed by atoms with Crippen LogP contribution in [-0.2, 0) is 6.42 Å². The zero-order chi connectivity index (χ0) is 17.4. The predicted octanol–water partition coefficient (Wildman–Crippen LogP) is 4.13. The minimum atomic E-state index is 0.339. The van der Waals surface area contributed by atoms with Gasteiger partial charge >= 0.3 is 0 Å². The maximum atomic E-state index is 4.82. The van der Waals surface area contributed by atoms with Gasteiger partial charge in [-0.15, -0.1) is 11.3 Å². The Morgan fingerprint density at radius 3 is 2.88 bits per heavy atom. The Hall–Kier alpha value is -2.34. The topological polar surface area (TPSA) is 54.8 Å². The SMILES string of the molecule is Cc1cc(N(C)C2CCCc3nc(C)sc32)nc(-c2cccnc2)n1. The van der Waals surface area contributed by atoms with Crippen LogP contribution in [0, 0.1) is 13.8 Å². The first-order valence-electron chi connectivity index (χ1n) is 8.57. The Balaban J connectivity index is 1.71. The summed E-state index contributed by atoms with van der Waals surface area (Å²) in [5, 5.41) is 1.15. The second kappa shape index (κ2) is 6.52. The molecule has 1 aliphatic carbocycles. The third-order valence-electron chi connectivity index (χ3n) is 4.62. The van der Waals surface area contributed by atoms with E-state index in [1.807, 2.05) is 36.6 Å². The summed E-state index contributed by atoms with van der Waals surface area (Å²) in [5.41, 5.74) is 3.18. The Bertz CT molecular complexity index is 890. The molecule has 25 heavy (non-hydrogen) atoms. The Labute approximate surface area is 151 Å². The molecule has 0 amide bonds. The number of fused-ring (bicyclic) bond motifs is 1. The van der Waals surface area contributed by atoms with Crippen LogP contribution in [0.15, 0.2) is 30.6 Å². The van der Waals surface area contributed by atoms with Crippen LogP contribution in [0.3, 0.4) is 0 Å². The maximum Gasteiger partial charge on any atom is 0.163 e. The van der Waals surface area contributed by atoms with E-state index in [1.165, 1.54) is 17.0 Å². The molecule has 5 nitrogen and oxygen atoms in total. The highest BCUT2D eigenvalue weighted by atomic mass is 32.1. The van der Waals surface area contributed by atoms with Gasteiger partial charge in [0, 0.05) is 36.8 Å². The van der Waals surface area contributed by atoms with E-state index < -0.39 is 0 Å². The summed E-state index contributed by atoms with van der Waals surface area (Å²) in [7, 11) is 2.13. The average molecular weight is 351 g/mol. The molecule has 128 valence electrons. The van der Waals surface area contributed by atoms with Crippen molar-refractivity contribution >= 4 is 17.2 Å². The summed E-state index contributed by atoms with van der Waals surface area (Å²) < 4.78 is 0. The monoisotopic (exact) mass is 351 g/mol. The summed E-state index contributed by atoms with van der Waals surface area (Å²) in [6, 6.07) is 6.31. The number of pyridine rings is 1. The molecule has 4 rings (SSSR count). The zero-order valence-corrected chi connectivity index (χ0v) is 15.5. The molecule has 0 aliphatic heterocycles. The number of aryl methyl sites for hydroxylation is 3. The van der Waals surface area contributed by atoms with Crippen molar-refractivity contribution in [1.82, 2.24) is 19.9 Å². The molecule has 3 heterocycles. The van der Waals surface area contributed by atoms with Crippen molar-refractivity contribution in [2.45, 2.75) is 39.2 Å². The minimum absolute atomic E-state index is 0.339. The van der Waals surface area contributed by atoms with E-state index in [9.17, 15) is 0 Å². The summed E-state index contributed by atoms with van der Waals surface area (Å²) in [5.74, 6) is 1.68. The standard InChI is InChI=1S/C19H21N5S/c1-12-10-17(23-19(21-12)14-6-5-9-20-11-14)24(3)16-8-4-7-15-18(16)25-13(2)22-15/h5-6,9-11,16H,4,7-8H2,1-3H3. The van der Waals surface area contributed by atoms with Crippen LogP contribution in [0.5, 0.6) is 0 Å². The van der Waals surface area contributed by atoms with Gasteiger partial charge in [-0.3, -0.25) is 4.98 Å². The molecule has 0 fully saturated rings. The fraction of sp³-hybridized carbons (Fsp3) is 0.368. The van der Waals surface area contributed by atoms with E-state index in [0.717, 1.165) is 40.7 Å². The van der Waals surface area contributed by atoms with E-state index in [-0.39, 0.29) is 0 Å². The molecule has 3 aromatic rings. The first-order chi connectivity index (χ1) is 12.1. The van der Waals surface area contributed by atoms with Gasteiger partial charge in [-0.25, -0.2) is 15.0 Å². The second-order valence-corrected chi connectivity index (χ2v) is 7.73. The average Bonchev–Trinajstić information content (AvgIpc) is 3.01. The van der Waals surface area contributed by atoms with Gasteiger partial charge in [-0.1, -0.05) is 0 Å². The van der Waals surface area contributed by atoms with Gasteiger partial charge in [0.15, 0.2) is 5.82 Å². The molecule has 0 radical (unpaired) electrons. The normalized spacial score (nSPS) is 16.5. The van der Waals surface area contributed by atoms with Crippen molar-refractivity contribution in [3.63, 3.8) is 0 Å². The van der Waals surface area contributed by atoms with E-state index in [4.69, 9.17) is 9.97 Å². The molecule has 3 aromatic heterocycles. The van der Waals surface area contributed by atoms with E-state index in [2.05, 4.69) is 34.9 Å². The van der Waals surface area contributed by atoms with E-state index >= 15 is 0 Å². The van der Waals surface area contributed by atoms with Crippen LogP contribution < -0.4 is 4.90 Å². The first-order valence-corrected chi connectivity index (χ1v) is 9.38. The fourth-order valence-electron chi connectivity index (χ4n) is 3.41. The molecule has 6 heteroatoms. The Kier molecular flexibility index (Phi) is 4.21. The highest BCUT2D eigenvalue weighted by Gasteiger charge is 2.28. The lowest BCUT2D eigenvalue weighted by Gasteiger charge is -2.31. The van der Waals surface area contributed by atoms with Gasteiger partial charge in [0.05, 0.1) is 21.6 Å². The van der Waals surface area contributed by atoms with Crippen molar-refractivity contribution < 1.29 is 0 Å². The Morgan fingerprint density at radius 2 is 2.08 bits per heavy atom. The minimum Gasteiger partial charge on any atom is -0.352 e. The highest BCUT2D eigenvalue weighted by molar-refractivity contribution is 7.11. The molecule has 0 bridgehead atoms. The van der Waals surface area contributed by atoms with Crippen LogP contribution >= 0.6 is 11.3 Å². The molecule has 0 aromatic carbocycles. The lowest BCUT2D eigenvalue weighted by Crippen LogP contribution is -2.27. The molecular weight excluding hydrogens is 330 g/mol. The van der Waals surface area contributed by atoms with Gasteiger partial charge in [-0.2, -0.15) is 0 Å². The lowest BCUT2D eigenvalue weighted by atomic mass is 9.97. The number of nitrogens with zero attached hydrogens (tertiary/aromatic N) is 5. The summed E-state index contributed by atoms with van der Waals surface area (Å²) in [6.45, 7) is 4.11. The molecule has 1 atom stereocenters. The summed E-state index contributed by atoms with van der Waals surface area (Å²) in [6.07, 6.45) is 6.97. The summed E-state index contributed by atoms with van der Waals surface area (Å²) in [4.78, 5) is 22.0. The van der Waals surface area contributed by atoms with Crippen LogP contribution in [0.2, 0.25) is 0 Å². The van der Waals surface area contributed by atoms with Gasteiger partial charge in [0.1, 0.15) is 5.82 Å². The molecule has 0 saturated carbocycles. The second-order valence-electron chi connectivity index (χ2n) is 6.50. The third-order valence-corrected chi connectivity index (χ3v) is 5.73. The smallest absolute Gasteiger partial charge is 0.163 e. The van der Waals surface area contributed by atoms with Gasteiger partial charge in [-0.05, 0) is 45.2 Å². The molecule has 1 unspecified atom stereocenters. The number of hydrogen-bond donors (Lipinski definition) is 0. The summed E-state index contributed by atoms with van der Waals surface area (Å²) >= 11 is 1.82. The third kappa shape index (κ3) is 3.14. The molecule has 1 aliphatic rings. The first kappa shape index (κ1) is 16.1. The highest BCUT2D eigenvalue weighted by Crippen LogP contribution is 2.39. The molecule has 0 N–H and O–H groups in total. The van der Waals surface area contributed by atoms with Gasteiger partial charge in [0.2, 0.25) is 0 Å². The van der Waals surface area contributed by atoms with Crippen molar-refractivity contribution in [3.8, 4) is 11.4 Å². The molecular formula is C19H21N5S. The fourth-order valence-corrected chi connectivity index (χ4v) is 4.56. The van der Waals surface area contributed by atoms with E-state index in [1.54, 1.807) is 6.20 Å². The van der Waals surface area contributed by atoms with Gasteiger partial charge in [0.25, 0.3) is 0 Å². The zero-order valence-electron chi connectivity index (χ0n) is 14.7. The predicted molar refractivity (Wildman–Crippen MR) is 101 cm³/mol. The van der Waals surface area contributed by atoms with Crippen molar-refractivity contribution in [2.24, 2.45) is 0 Å². The van der Waals surface area contributed by atoms with Crippen LogP contribution in [0.4, 0.5) is 5.82 Å². The van der Waals surface area contributed by atoms with E-state index in [0.29, 0.717) is 6.04 Å². The quantitative estimate of drug-likeness (QED) is 0.710. The van der Waals surface area contributed by atoms with Crippen molar-refractivity contribution in [2.75, 3.05) is 11.9 Å².